The van der Waals surface area contributed by atoms with E-state index in [0.29, 0.717) is 30.5 Å². The van der Waals surface area contributed by atoms with Crippen LogP contribution in [0, 0.1) is 39.7 Å². The van der Waals surface area contributed by atoms with Crippen LogP contribution in [0.4, 0.5) is 8.78 Å². The first kappa shape index (κ1) is 21.3. The van der Waals surface area contributed by atoms with Crippen molar-refractivity contribution in [2.24, 2.45) is 11.1 Å². The molecular weight excluding hydrogens is 360 g/mol. The van der Waals surface area contributed by atoms with Crippen LogP contribution in [0.3, 0.4) is 0 Å². The largest absolute Gasteiger partial charge is 0.488 e. The summed E-state index contributed by atoms with van der Waals surface area (Å²) < 4.78 is 33.4. The Labute approximate surface area is 164 Å². The summed E-state index contributed by atoms with van der Waals surface area (Å²) in [6.45, 7) is 4.63. The highest BCUT2D eigenvalue weighted by Gasteiger charge is 2.26. The van der Waals surface area contributed by atoms with Gasteiger partial charge in [-0.2, -0.15) is 10.5 Å². The summed E-state index contributed by atoms with van der Waals surface area (Å²) in [4.78, 5) is 0. The van der Waals surface area contributed by atoms with Gasteiger partial charge in [0, 0.05) is 0 Å². The molecule has 0 heterocycles. The van der Waals surface area contributed by atoms with Crippen molar-refractivity contribution in [2.75, 3.05) is 13.2 Å². The second kappa shape index (κ2) is 9.30. The minimum absolute atomic E-state index is 0.0924. The lowest BCUT2D eigenvalue weighted by atomic mass is 9.74. The molecule has 0 fully saturated rings. The molecule has 28 heavy (non-hydrogen) atoms. The van der Waals surface area contributed by atoms with Gasteiger partial charge in [0.1, 0.15) is 17.7 Å². The van der Waals surface area contributed by atoms with Crippen LogP contribution in [0.1, 0.15) is 38.7 Å². The summed E-state index contributed by atoms with van der Waals surface area (Å²) in [6.07, 6.45) is 7.03. The molecule has 1 aromatic carbocycles. The van der Waals surface area contributed by atoms with Crippen LogP contribution in [0.25, 0.3) is 6.08 Å². The lowest BCUT2D eigenvalue weighted by molar-refractivity contribution is 0.281. The van der Waals surface area contributed by atoms with E-state index in [0.717, 1.165) is 12.0 Å². The molecule has 1 aliphatic rings. The van der Waals surface area contributed by atoms with Gasteiger partial charge in [-0.25, -0.2) is 8.78 Å². The maximum atomic E-state index is 14.2. The molecule has 0 saturated carbocycles. The van der Waals surface area contributed by atoms with Gasteiger partial charge in [-0.1, -0.05) is 32.1 Å². The van der Waals surface area contributed by atoms with Gasteiger partial charge < -0.3 is 10.5 Å². The molecule has 0 radical (unpaired) electrons. The van der Waals surface area contributed by atoms with E-state index in [1.54, 1.807) is 18.2 Å². The Kier molecular flexibility index (Phi) is 7.09. The molecule has 0 aliphatic heterocycles. The zero-order valence-electron chi connectivity index (χ0n) is 16.1. The molecule has 1 aliphatic carbocycles. The first-order valence-corrected chi connectivity index (χ1v) is 9.03. The van der Waals surface area contributed by atoms with Crippen molar-refractivity contribution in [3.8, 4) is 17.9 Å². The topological polar surface area (TPSA) is 82.8 Å². The highest BCUT2D eigenvalue weighted by atomic mass is 19.1. The number of halogens is 2. The van der Waals surface area contributed by atoms with Crippen LogP contribution in [-0.2, 0) is 0 Å². The van der Waals surface area contributed by atoms with E-state index < -0.39 is 17.4 Å². The number of benzene rings is 1. The number of hydrogen-bond donors (Lipinski definition) is 1. The Bertz CT molecular complexity index is 876. The van der Waals surface area contributed by atoms with Crippen molar-refractivity contribution in [3.05, 3.63) is 58.2 Å². The first-order chi connectivity index (χ1) is 13.3. The van der Waals surface area contributed by atoms with Crippen LogP contribution >= 0.6 is 0 Å². The molecule has 2 rings (SSSR count). The van der Waals surface area contributed by atoms with E-state index in [2.05, 4.69) is 0 Å². The van der Waals surface area contributed by atoms with Crippen LogP contribution in [0.5, 0.6) is 5.75 Å². The highest BCUT2D eigenvalue weighted by Crippen LogP contribution is 2.39. The van der Waals surface area contributed by atoms with Gasteiger partial charge in [0.2, 0.25) is 0 Å². The van der Waals surface area contributed by atoms with Gasteiger partial charge in [0.05, 0.1) is 6.61 Å². The summed E-state index contributed by atoms with van der Waals surface area (Å²) in [5.41, 5.74) is 7.24. The third kappa shape index (κ3) is 5.52. The number of hydrogen-bond acceptors (Lipinski definition) is 4. The Morgan fingerprint density at radius 1 is 1.18 bits per heavy atom. The second-order valence-electron chi connectivity index (χ2n) is 7.50. The average molecular weight is 383 g/mol. The number of allylic oxidation sites excluding steroid dienone is 5. The highest BCUT2D eigenvalue weighted by molar-refractivity contribution is 5.57. The van der Waals surface area contributed by atoms with Crippen LogP contribution < -0.4 is 10.5 Å². The molecule has 0 amide bonds. The SMILES string of the molecule is CC1(C)CC(/C=C/c2cc(F)c(OCCCN)c(F)c2)=CC(=C(C#N)C#N)C1. The third-order valence-electron chi connectivity index (χ3n) is 4.36. The summed E-state index contributed by atoms with van der Waals surface area (Å²) in [6, 6.07) is 6.26. The fourth-order valence-corrected chi connectivity index (χ4v) is 3.17. The number of nitriles is 2. The molecule has 4 nitrogen and oxygen atoms in total. The van der Waals surface area contributed by atoms with E-state index in [1.165, 1.54) is 12.1 Å². The summed E-state index contributed by atoms with van der Waals surface area (Å²) in [5, 5.41) is 18.3. The second-order valence-corrected chi connectivity index (χ2v) is 7.50. The van der Waals surface area contributed by atoms with Crippen LogP contribution in [0.15, 0.2) is 41.0 Å². The maximum absolute atomic E-state index is 14.2. The molecule has 0 unspecified atom stereocenters. The monoisotopic (exact) mass is 383 g/mol. The van der Waals surface area contributed by atoms with Gasteiger partial charge in [-0.3, -0.25) is 0 Å². The van der Waals surface area contributed by atoms with Gasteiger partial charge >= 0.3 is 0 Å². The number of nitrogens with zero attached hydrogens (tertiary/aromatic N) is 2. The molecule has 0 aromatic heterocycles. The smallest absolute Gasteiger partial charge is 0.190 e. The van der Waals surface area contributed by atoms with Crippen molar-refractivity contribution in [2.45, 2.75) is 33.1 Å². The summed E-state index contributed by atoms with van der Waals surface area (Å²) in [7, 11) is 0. The lowest BCUT2D eigenvalue weighted by Crippen LogP contribution is -2.17. The van der Waals surface area contributed by atoms with Crippen molar-refractivity contribution < 1.29 is 13.5 Å². The molecule has 0 saturated heterocycles. The maximum Gasteiger partial charge on any atom is 0.190 e. The predicted molar refractivity (Wildman–Crippen MR) is 104 cm³/mol. The first-order valence-electron chi connectivity index (χ1n) is 9.03. The molecule has 0 spiro atoms. The van der Waals surface area contributed by atoms with Gasteiger partial charge in [0.15, 0.2) is 17.4 Å². The zero-order valence-corrected chi connectivity index (χ0v) is 16.1. The van der Waals surface area contributed by atoms with E-state index in [9.17, 15) is 8.78 Å². The van der Waals surface area contributed by atoms with Crippen molar-refractivity contribution in [1.29, 1.82) is 10.5 Å². The molecule has 146 valence electrons. The average Bonchev–Trinajstić information content (AvgIpc) is 2.62. The third-order valence-corrected chi connectivity index (χ3v) is 4.36. The summed E-state index contributed by atoms with van der Waals surface area (Å²) >= 11 is 0. The van der Waals surface area contributed by atoms with Crippen LogP contribution in [0.2, 0.25) is 0 Å². The standard InChI is InChI=1S/C22H23F2N3O/c1-22(2)11-16(8-17(12-22)18(13-26)14-27)5-4-15-9-19(23)21(20(24)10-15)28-7-3-6-25/h4-5,8-10H,3,6-7,11-12,25H2,1-2H3/b5-4+. The number of ether oxygens (including phenoxy) is 1. The zero-order chi connectivity index (χ0) is 20.7. The van der Waals surface area contributed by atoms with Gasteiger partial charge in [0.25, 0.3) is 0 Å². The fraction of sp³-hybridized carbons (Fsp3) is 0.364. The minimum Gasteiger partial charge on any atom is -0.488 e. The van der Waals surface area contributed by atoms with Crippen molar-refractivity contribution in [1.82, 2.24) is 0 Å². The fourth-order valence-electron chi connectivity index (χ4n) is 3.17. The van der Waals surface area contributed by atoms with E-state index in [1.807, 2.05) is 26.0 Å². The Morgan fingerprint density at radius 2 is 1.82 bits per heavy atom. The molecule has 2 N–H and O–H groups in total. The molecule has 0 atom stereocenters. The summed E-state index contributed by atoms with van der Waals surface area (Å²) in [5.74, 6) is -1.94. The van der Waals surface area contributed by atoms with Crippen LogP contribution in [-0.4, -0.2) is 13.2 Å². The molecular formula is C22H23F2N3O. The van der Waals surface area contributed by atoms with E-state index >= 15 is 0 Å². The quantitative estimate of drug-likeness (QED) is 0.565. The molecule has 0 bridgehead atoms. The van der Waals surface area contributed by atoms with Gasteiger partial charge in [-0.05, 0) is 60.1 Å². The molecule has 6 heteroatoms. The number of rotatable bonds is 6. The minimum atomic E-state index is -0.772. The van der Waals surface area contributed by atoms with Crippen molar-refractivity contribution >= 4 is 6.08 Å². The van der Waals surface area contributed by atoms with Gasteiger partial charge in [-0.15, -0.1) is 0 Å². The van der Waals surface area contributed by atoms with Crippen molar-refractivity contribution in [3.63, 3.8) is 0 Å². The Balaban J connectivity index is 2.28. The lowest BCUT2D eigenvalue weighted by Gasteiger charge is -2.30. The predicted octanol–water partition coefficient (Wildman–Crippen LogP) is 4.80. The Morgan fingerprint density at radius 3 is 2.39 bits per heavy atom. The Hall–Kier alpha value is -2.96. The normalized spacial score (nSPS) is 15.7. The van der Waals surface area contributed by atoms with E-state index in [4.69, 9.17) is 21.0 Å². The number of nitrogens with two attached hydrogens (primary N) is 1. The van der Waals surface area contributed by atoms with E-state index in [-0.39, 0.29) is 17.6 Å². The molecule has 1 aromatic rings.